The highest BCUT2D eigenvalue weighted by molar-refractivity contribution is 7.03. The SMILES string of the molecule is CN(CC1(C)COC1)C(=O)C(=O)Nc1ccc(-c2csnn2)cc1. The first kappa shape index (κ1) is 16.5. The van der Waals surface area contributed by atoms with Gasteiger partial charge in [-0.15, -0.1) is 5.10 Å². The van der Waals surface area contributed by atoms with Crippen LogP contribution in [0.4, 0.5) is 5.69 Å². The molecule has 2 amide bonds. The number of rotatable bonds is 4. The number of aromatic nitrogens is 2. The van der Waals surface area contributed by atoms with Gasteiger partial charge in [-0.2, -0.15) is 0 Å². The third-order valence-corrected chi connectivity index (χ3v) is 4.36. The Morgan fingerprint density at radius 3 is 2.58 bits per heavy atom. The van der Waals surface area contributed by atoms with Crippen LogP contribution in [0.2, 0.25) is 0 Å². The zero-order chi connectivity index (χ0) is 17.2. The Kier molecular flexibility index (Phi) is 4.59. The van der Waals surface area contributed by atoms with Crippen LogP contribution in [0.1, 0.15) is 6.92 Å². The van der Waals surface area contributed by atoms with Crippen molar-refractivity contribution < 1.29 is 14.3 Å². The van der Waals surface area contributed by atoms with Gasteiger partial charge >= 0.3 is 11.8 Å². The smallest absolute Gasteiger partial charge is 0.313 e. The fourth-order valence-corrected chi connectivity index (χ4v) is 3.02. The highest BCUT2D eigenvalue weighted by atomic mass is 32.1. The molecular formula is C16H18N4O3S. The van der Waals surface area contributed by atoms with Crippen LogP contribution in [0, 0.1) is 5.41 Å². The summed E-state index contributed by atoms with van der Waals surface area (Å²) in [4.78, 5) is 25.7. The van der Waals surface area contributed by atoms with Crippen molar-refractivity contribution in [3.05, 3.63) is 29.6 Å². The van der Waals surface area contributed by atoms with Gasteiger partial charge in [0.25, 0.3) is 0 Å². The molecule has 2 aromatic rings. The number of carbonyl (C=O) groups is 2. The molecule has 0 radical (unpaired) electrons. The summed E-state index contributed by atoms with van der Waals surface area (Å²) in [6.45, 7) is 3.75. The molecule has 0 spiro atoms. The molecule has 1 aliphatic heterocycles. The maximum absolute atomic E-state index is 12.2. The summed E-state index contributed by atoms with van der Waals surface area (Å²) >= 11 is 1.28. The Hall–Kier alpha value is -2.32. The van der Waals surface area contributed by atoms with Crippen molar-refractivity contribution in [2.24, 2.45) is 5.41 Å². The highest BCUT2D eigenvalue weighted by Gasteiger charge is 2.36. The predicted octanol–water partition coefficient (Wildman–Crippen LogP) is 1.64. The van der Waals surface area contributed by atoms with E-state index in [-0.39, 0.29) is 5.41 Å². The summed E-state index contributed by atoms with van der Waals surface area (Å²) in [5, 5.41) is 8.45. The quantitative estimate of drug-likeness (QED) is 0.851. The van der Waals surface area contributed by atoms with Crippen LogP contribution in [-0.2, 0) is 14.3 Å². The predicted molar refractivity (Wildman–Crippen MR) is 90.5 cm³/mol. The monoisotopic (exact) mass is 346 g/mol. The number of amides is 2. The molecule has 1 aromatic heterocycles. The van der Waals surface area contributed by atoms with Crippen LogP contribution in [0.5, 0.6) is 0 Å². The van der Waals surface area contributed by atoms with Crippen molar-refractivity contribution in [1.82, 2.24) is 14.5 Å². The van der Waals surface area contributed by atoms with E-state index in [1.165, 1.54) is 16.4 Å². The molecule has 0 aliphatic carbocycles. The van der Waals surface area contributed by atoms with Crippen molar-refractivity contribution in [2.45, 2.75) is 6.92 Å². The average Bonchev–Trinajstić information content (AvgIpc) is 3.07. The fourth-order valence-electron chi connectivity index (χ4n) is 2.56. The molecule has 8 heteroatoms. The van der Waals surface area contributed by atoms with Gasteiger partial charge in [0.05, 0.1) is 13.2 Å². The Morgan fingerprint density at radius 1 is 1.33 bits per heavy atom. The third kappa shape index (κ3) is 3.60. The maximum atomic E-state index is 12.2. The maximum Gasteiger partial charge on any atom is 0.313 e. The molecule has 126 valence electrons. The lowest BCUT2D eigenvalue weighted by molar-refractivity contribution is -0.149. The second-order valence-corrected chi connectivity index (χ2v) is 6.90. The summed E-state index contributed by atoms with van der Waals surface area (Å²) in [5.74, 6) is -1.21. The topological polar surface area (TPSA) is 84.4 Å². The Balaban J connectivity index is 1.58. The van der Waals surface area contributed by atoms with Gasteiger partial charge in [-0.05, 0) is 23.7 Å². The highest BCUT2D eigenvalue weighted by Crippen LogP contribution is 2.27. The number of nitrogens with one attached hydrogen (secondary N) is 1. The van der Waals surface area contributed by atoms with Crippen molar-refractivity contribution in [3.8, 4) is 11.3 Å². The minimum atomic E-state index is -0.649. The van der Waals surface area contributed by atoms with Crippen molar-refractivity contribution in [3.63, 3.8) is 0 Å². The van der Waals surface area contributed by atoms with E-state index in [1.54, 1.807) is 19.2 Å². The molecule has 1 N–H and O–H groups in total. The van der Waals surface area contributed by atoms with E-state index >= 15 is 0 Å². The van der Waals surface area contributed by atoms with E-state index in [2.05, 4.69) is 14.9 Å². The first-order valence-corrected chi connectivity index (χ1v) is 8.32. The van der Waals surface area contributed by atoms with Gasteiger partial charge in [0.1, 0.15) is 5.69 Å². The van der Waals surface area contributed by atoms with E-state index < -0.39 is 11.8 Å². The summed E-state index contributed by atoms with van der Waals surface area (Å²) in [7, 11) is 1.63. The zero-order valence-corrected chi connectivity index (χ0v) is 14.3. The Labute approximate surface area is 143 Å². The number of nitrogens with zero attached hydrogens (tertiary/aromatic N) is 3. The fraction of sp³-hybridized carbons (Fsp3) is 0.375. The van der Waals surface area contributed by atoms with E-state index in [4.69, 9.17) is 4.74 Å². The first-order chi connectivity index (χ1) is 11.5. The largest absolute Gasteiger partial charge is 0.380 e. The second kappa shape index (κ2) is 6.66. The number of hydrogen-bond acceptors (Lipinski definition) is 6. The van der Waals surface area contributed by atoms with E-state index in [0.29, 0.717) is 25.4 Å². The lowest BCUT2D eigenvalue weighted by Gasteiger charge is -2.40. The van der Waals surface area contributed by atoms with Crippen LogP contribution >= 0.6 is 11.5 Å². The van der Waals surface area contributed by atoms with Crippen molar-refractivity contribution >= 4 is 29.0 Å². The standard InChI is InChI=1S/C16H18N4O3S/c1-16(9-23-10-16)8-20(2)15(22)14(21)17-12-5-3-11(4-6-12)13-7-24-19-18-13/h3-7H,8-10H2,1-2H3,(H,17,21). The lowest BCUT2D eigenvalue weighted by atomic mass is 9.88. The number of benzene rings is 1. The Morgan fingerprint density at radius 2 is 2.04 bits per heavy atom. The normalized spacial score (nSPS) is 15.4. The number of ether oxygens (including phenoxy) is 1. The molecule has 2 heterocycles. The van der Waals surface area contributed by atoms with Crippen LogP contribution in [0.25, 0.3) is 11.3 Å². The van der Waals surface area contributed by atoms with Crippen LogP contribution in [-0.4, -0.2) is 53.1 Å². The van der Waals surface area contributed by atoms with Gasteiger partial charge < -0.3 is 15.0 Å². The molecule has 24 heavy (non-hydrogen) atoms. The van der Waals surface area contributed by atoms with Gasteiger partial charge in [-0.3, -0.25) is 9.59 Å². The molecule has 0 unspecified atom stereocenters. The summed E-state index contributed by atoms with van der Waals surface area (Å²) in [6, 6.07) is 7.13. The molecular weight excluding hydrogens is 328 g/mol. The van der Waals surface area contributed by atoms with E-state index in [1.807, 2.05) is 24.4 Å². The van der Waals surface area contributed by atoms with Crippen LogP contribution < -0.4 is 5.32 Å². The van der Waals surface area contributed by atoms with Gasteiger partial charge in [-0.25, -0.2) is 0 Å². The van der Waals surface area contributed by atoms with Crippen LogP contribution in [0.3, 0.4) is 0 Å². The molecule has 0 saturated carbocycles. The number of anilines is 1. The summed E-state index contributed by atoms with van der Waals surface area (Å²) in [6.07, 6.45) is 0. The lowest BCUT2D eigenvalue weighted by Crippen LogP contribution is -2.50. The minimum absolute atomic E-state index is 0.0616. The van der Waals surface area contributed by atoms with E-state index in [0.717, 1.165) is 11.3 Å². The van der Waals surface area contributed by atoms with Gasteiger partial charge in [0.15, 0.2) is 0 Å². The molecule has 1 fully saturated rings. The second-order valence-electron chi connectivity index (χ2n) is 6.29. The van der Waals surface area contributed by atoms with Gasteiger partial charge in [0, 0.05) is 35.6 Å². The number of likely N-dealkylation sites (N-methyl/N-ethyl adjacent to an activating group) is 1. The van der Waals surface area contributed by atoms with E-state index in [9.17, 15) is 9.59 Å². The third-order valence-electron chi connectivity index (χ3n) is 3.86. The number of carbonyl (C=O) groups excluding carboxylic acids is 2. The molecule has 1 aliphatic rings. The minimum Gasteiger partial charge on any atom is -0.380 e. The molecule has 1 aromatic carbocycles. The molecule has 1 saturated heterocycles. The summed E-state index contributed by atoms with van der Waals surface area (Å²) in [5.41, 5.74) is 2.19. The van der Waals surface area contributed by atoms with Gasteiger partial charge in [-0.1, -0.05) is 23.5 Å². The Bertz CT molecular complexity index is 726. The van der Waals surface area contributed by atoms with Crippen molar-refractivity contribution in [2.75, 3.05) is 32.1 Å². The molecule has 3 rings (SSSR count). The van der Waals surface area contributed by atoms with Crippen molar-refractivity contribution in [1.29, 1.82) is 0 Å². The van der Waals surface area contributed by atoms with Gasteiger partial charge in [0.2, 0.25) is 0 Å². The first-order valence-electron chi connectivity index (χ1n) is 7.49. The van der Waals surface area contributed by atoms with Crippen LogP contribution in [0.15, 0.2) is 29.6 Å². The number of hydrogen-bond donors (Lipinski definition) is 1. The summed E-state index contributed by atoms with van der Waals surface area (Å²) < 4.78 is 8.98. The molecule has 7 nitrogen and oxygen atoms in total. The average molecular weight is 346 g/mol. The zero-order valence-electron chi connectivity index (χ0n) is 13.5. The molecule has 0 atom stereocenters. The molecule has 0 bridgehead atoms.